The smallest absolute Gasteiger partial charge is 0.216 e. The van der Waals surface area contributed by atoms with Crippen LogP contribution in [0.3, 0.4) is 0 Å². The van der Waals surface area contributed by atoms with Crippen LogP contribution in [0.15, 0.2) is 18.6 Å². The van der Waals surface area contributed by atoms with E-state index in [0.717, 1.165) is 19.3 Å². The van der Waals surface area contributed by atoms with Gasteiger partial charge < -0.3 is 9.84 Å². The molecular formula is C10H14N2O2. The van der Waals surface area contributed by atoms with Crippen LogP contribution in [0, 0.1) is 5.92 Å². The van der Waals surface area contributed by atoms with Crippen molar-refractivity contribution in [2.45, 2.75) is 25.4 Å². The molecule has 4 heteroatoms. The molecule has 2 atom stereocenters. The zero-order chi connectivity index (χ0) is 9.80. The molecule has 0 aliphatic heterocycles. The van der Waals surface area contributed by atoms with Crippen LogP contribution in [0.5, 0.6) is 5.88 Å². The molecule has 1 N–H and O–H groups in total. The molecule has 14 heavy (non-hydrogen) atoms. The maximum atomic E-state index is 8.97. The van der Waals surface area contributed by atoms with Gasteiger partial charge in [0.2, 0.25) is 5.88 Å². The lowest BCUT2D eigenvalue weighted by molar-refractivity contribution is 0.177. The first-order chi connectivity index (χ1) is 6.88. The molecule has 1 aliphatic rings. The largest absolute Gasteiger partial charge is 0.474 e. The molecule has 2 rings (SSSR count). The Morgan fingerprint density at radius 3 is 3.07 bits per heavy atom. The Kier molecular flexibility index (Phi) is 2.93. The van der Waals surface area contributed by atoms with Crippen molar-refractivity contribution in [3.8, 4) is 5.88 Å². The Bertz CT molecular complexity index is 279. The molecule has 1 unspecified atom stereocenters. The summed E-state index contributed by atoms with van der Waals surface area (Å²) in [5.41, 5.74) is 0. The Labute approximate surface area is 83.0 Å². The van der Waals surface area contributed by atoms with Gasteiger partial charge in [-0.2, -0.15) is 0 Å². The van der Waals surface area contributed by atoms with Crippen molar-refractivity contribution in [2.24, 2.45) is 5.92 Å². The SMILES string of the molecule is OCC1CC[C@H](Oc2ccncn2)C1. The predicted octanol–water partition coefficient (Wildman–Crippen LogP) is 1.02. The quantitative estimate of drug-likeness (QED) is 0.780. The zero-order valence-corrected chi connectivity index (χ0v) is 7.97. The molecule has 0 bridgehead atoms. The lowest BCUT2D eigenvalue weighted by Crippen LogP contribution is -2.13. The van der Waals surface area contributed by atoms with E-state index in [0.29, 0.717) is 11.8 Å². The van der Waals surface area contributed by atoms with Crippen LogP contribution in [0.2, 0.25) is 0 Å². The second-order valence-corrected chi connectivity index (χ2v) is 3.65. The van der Waals surface area contributed by atoms with Crippen LogP contribution in [-0.4, -0.2) is 27.8 Å². The van der Waals surface area contributed by atoms with Crippen molar-refractivity contribution in [3.63, 3.8) is 0 Å². The van der Waals surface area contributed by atoms with Crippen molar-refractivity contribution < 1.29 is 9.84 Å². The summed E-state index contributed by atoms with van der Waals surface area (Å²) in [4.78, 5) is 7.82. The molecule has 1 aromatic heterocycles. The summed E-state index contributed by atoms with van der Waals surface area (Å²) in [6, 6.07) is 1.76. The fourth-order valence-electron chi connectivity index (χ4n) is 1.82. The highest BCUT2D eigenvalue weighted by Gasteiger charge is 2.25. The third kappa shape index (κ3) is 2.20. The summed E-state index contributed by atoms with van der Waals surface area (Å²) in [7, 11) is 0. The molecule has 0 saturated heterocycles. The van der Waals surface area contributed by atoms with Crippen molar-refractivity contribution >= 4 is 0 Å². The summed E-state index contributed by atoms with van der Waals surface area (Å²) in [6.07, 6.45) is 6.35. The van der Waals surface area contributed by atoms with Crippen molar-refractivity contribution in [1.29, 1.82) is 0 Å². The normalized spacial score (nSPS) is 26.4. The minimum atomic E-state index is 0.210. The third-order valence-corrected chi connectivity index (χ3v) is 2.59. The van der Waals surface area contributed by atoms with Crippen LogP contribution in [0.25, 0.3) is 0 Å². The first-order valence-electron chi connectivity index (χ1n) is 4.92. The Balaban J connectivity index is 1.88. The number of aliphatic hydroxyl groups is 1. The molecule has 4 nitrogen and oxygen atoms in total. The Hall–Kier alpha value is -1.16. The van der Waals surface area contributed by atoms with Crippen LogP contribution in [0.1, 0.15) is 19.3 Å². The number of hydrogen-bond donors (Lipinski definition) is 1. The van der Waals surface area contributed by atoms with Gasteiger partial charge in [-0.1, -0.05) is 0 Å². The van der Waals surface area contributed by atoms with E-state index in [1.54, 1.807) is 12.3 Å². The number of hydrogen-bond acceptors (Lipinski definition) is 4. The molecule has 1 fully saturated rings. The van der Waals surface area contributed by atoms with Gasteiger partial charge in [-0.15, -0.1) is 0 Å². The lowest BCUT2D eigenvalue weighted by Gasteiger charge is -2.11. The minimum Gasteiger partial charge on any atom is -0.474 e. The van der Waals surface area contributed by atoms with Crippen molar-refractivity contribution in [2.75, 3.05) is 6.61 Å². The van der Waals surface area contributed by atoms with E-state index < -0.39 is 0 Å². The van der Waals surface area contributed by atoms with Crippen LogP contribution >= 0.6 is 0 Å². The van der Waals surface area contributed by atoms with Crippen molar-refractivity contribution in [3.05, 3.63) is 18.6 Å². The van der Waals surface area contributed by atoms with Gasteiger partial charge in [0.1, 0.15) is 12.4 Å². The summed E-state index contributed by atoms with van der Waals surface area (Å²) in [6.45, 7) is 0.267. The number of aromatic nitrogens is 2. The second-order valence-electron chi connectivity index (χ2n) is 3.65. The van der Waals surface area contributed by atoms with Gasteiger partial charge in [-0.05, 0) is 25.2 Å². The fourth-order valence-corrected chi connectivity index (χ4v) is 1.82. The van der Waals surface area contributed by atoms with Gasteiger partial charge in [0.25, 0.3) is 0 Å². The van der Waals surface area contributed by atoms with Gasteiger partial charge in [0, 0.05) is 18.9 Å². The Morgan fingerprint density at radius 2 is 2.43 bits per heavy atom. The molecule has 1 aliphatic carbocycles. The number of aliphatic hydroxyl groups excluding tert-OH is 1. The highest BCUT2D eigenvalue weighted by Crippen LogP contribution is 2.27. The summed E-state index contributed by atoms with van der Waals surface area (Å²) < 4.78 is 5.65. The second kappa shape index (κ2) is 4.37. The van der Waals surface area contributed by atoms with E-state index in [-0.39, 0.29) is 12.7 Å². The molecule has 1 heterocycles. The topological polar surface area (TPSA) is 55.2 Å². The van der Waals surface area contributed by atoms with E-state index in [1.807, 2.05) is 0 Å². The first-order valence-corrected chi connectivity index (χ1v) is 4.92. The number of rotatable bonds is 3. The summed E-state index contributed by atoms with van der Waals surface area (Å²) in [5.74, 6) is 1.03. The lowest BCUT2D eigenvalue weighted by atomic mass is 10.1. The first kappa shape index (κ1) is 9.40. The van der Waals surface area contributed by atoms with Gasteiger partial charge in [0.05, 0.1) is 0 Å². The molecule has 0 radical (unpaired) electrons. The van der Waals surface area contributed by atoms with E-state index in [2.05, 4.69) is 9.97 Å². The molecule has 76 valence electrons. The molecule has 1 aromatic rings. The van der Waals surface area contributed by atoms with E-state index in [1.165, 1.54) is 6.33 Å². The highest BCUT2D eigenvalue weighted by molar-refractivity contribution is 5.05. The van der Waals surface area contributed by atoms with E-state index in [4.69, 9.17) is 9.84 Å². The van der Waals surface area contributed by atoms with Gasteiger partial charge >= 0.3 is 0 Å². The van der Waals surface area contributed by atoms with Gasteiger partial charge in [0.15, 0.2) is 0 Å². The molecule has 0 spiro atoms. The van der Waals surface area contributed by atoms with Gasteiger partial charge in [-0.3, -0.25) is 0 Å². The number of ether oxygens (including phenoxy) is 1. The monoisotopic (exact) mass is 194 g/mol. The molecule has 0 amide bonds. The molecule has 0 aromatic carbocycles. The minimum absolute atomic E-state index is 0.210. The summed E-state index contributed by atoms with van der Waals surface area (Å²) >= 11 is 0. The Morgan fingerprint density at radius 1 is 1.50 bits per heavy atom. The molecule has 1 saturated carbocycles. The van der Waals surface area contributed by atoms with Crippen molar-refractivity contribution in [1.82, 2.24) is 9.97 Å². The average Bonchev–Trinajstić information content (AvgIpc) is 2.67. The standard InChI is InChI=1S/C10H14N2O2/c13-6-8-1-2-9(5-8)14-10-3-4-11-7-12-10/h3-4,7-9,13H,1-2,5-6H2/t8?,9-/m0/s1. The van der Waals surface area contributed by atoms with E-state index >= 15 is 0 Å². The predicted molar refractivity (Wildman–Crippen MR) is 50.9 cm³/mol. The highest BCUT2D eigenvalue weighted by atomic mass is 16.5. The van der Waals surface area contributed by atoms with Crippen LogP contribution in [-0.2, 0) is 0 Å². The van der Waals surface area contributed by atoms with Crippen LogP contribution < -0.4 is 4.74 Å². The zero-order valence-electron chi connectivity index (χ0n) is 7.97. The maximum Gasteiger partial charge on any atom is 0.216 e. The average molecular weight is 194 g/mol. The third-order valence-electron chi connectivity index (χ3n) is 2.59. The summed E-state index contributed by atoms with van der Waals surface area (Å²) in [5, 5.41) is 8.97. The van der Waals surface area contributed by atoms with Gasteiger partial charge in [-0.25, -0.2) is 9.97 Å². The van der Waals surface area contributed by atoms with E-state index in [9.17, 15) is 0 Å². The number of nitrogens with zero attached hydrogens (tertiary/aromatic N) is 2. The fraction of sp³-hybridized carbons (Fsp3) is 0.600. The molecular weight excluding hydrogens is 180 g/mol. The van der Waals surface area contributed by atoms with Crippen LogP contribution in [0.4, 0.5) is 0 Å². The maximum absolute atomic E-state index is 8.97.